The number of hydrogen-bond donors (Lipinski definition) is 2. The van der Waals surface area contributed by atoms with Gasteiger partial charge in [-0.05, 0) is 23.6 Å². The minimum atomic E-state index is -1.52. The molecule has 0 saturated heterocycles. The van der Waals surface area contributed by atoms with E-state index in [1.54, 1.807) is 14.2 Å². The van der Waals surface area contributed by atoms with Crippen molar-refractivity contribution < 1.29 is 14.6 Å². The largest absolute Gasteiger partial charge is 0.496 e. The molecular weight excluding hydrogens is 350 g/mol. The van der Waals surface area contributed by atoms with Crippen LogP contribution in [0.1, 0.15) is 29.5 Å². The molecule has 4 nitrogen and oxygen atoms in total. The van der Waals surface area contributed by atoms with Crippen LogP contribution in [0.5, 0.6) is 11.5 Å². The summed E-state index contributed by atoms with van der Waals surface area (Å²) in [6.45, 7) is 2.02. The normalized spacial score (nSPS) is 13.6. The molecule has 0 fully saturated rings. The summed E-state index contributed by atoms with van der Waals surface area (Å²) in [6.07, 6.45) is 0. The second-order valence-corrected chi connectivity index (χ2v) is 6.89. The van der Waals surface area contributed by atoms with Crippen LogP contribution in [0, 0.1) is 0 Å². The lowest BCUT2D eigenvalue weighted by atomic mass is 9.73. The standard InChI is InChI=1S/C24H27NO3/c1-17(18-11-5-4-6-12-18)23(25)24(26,19-13-7-9-15-21(19)27-2)20-14-8-10-16-22(20)28-3/h4-17,23,26H,25H2,1-3H3. The van der Waals surface area contributed by atoms with Crippen LogP contribution >= 0.6 is 0 Å². The Morgan fingerprint density at radius 2 is 1.18 bits per heavy atom. The maximum Gasteiger partial charge on any atom is 0.137 e. The smallest absolute Gasteiger partial charge is 0.137 e. The molecule has 0 aliphatic carbocycles. The highest BCUT2D eigenvalue weighted by molar-refractivity contribution is 5.51. The van der Waals surface area contributed by atoms with E-state index in [4.69, 9.17) is 15.2 Å². The van der Waals surface area contributed by atoms with Gasteiger partial charge in [-0.3, -0.25) is 0 Å². The fourth-order valence-corrected chi connectivity index (χ4v) is 3.75. The van der Waals surface area contributed by atoms with Gasteiger partial charge in [-0.1, -0.05) is 73.7 Å². The van der Waals surface area contributed by atoms with Gasteiger partial charge in [-0.2, -0.15) is 0 Å². The number of benzene rings is 3. The minimum Gasteiger partial charge on any atom is -0.496 e. The zero-order chi connectivity index (χ0) is 20.1. The summed E-state index contributed by atoms with van der Waals surface area (Å²) in [7, 11) is 3.18. The van der Waals surface area contributed by atoms with E-state index in [1.807, 2.05) is 85.8 Å². The van der Waals surface area contributed by atoms with Gasteiger partial charge in [0.05, 0.1) is 14.2 Å². The molecule has 3 aromatic carbocycles. The molecule has 2 unspecified atom stereocenters. The third kappa shape index (κ3) is 3.49. The van der Waals surface area contributed by atoms with E-state index in [9.17, 15) is 5.11 Å². The van der Waals surface area contributed by atoms with Gasteiger partial charge in [0.15, 0.2) is 0 Å². The first-order valence-electron chi connectivity index (χ1n) is 9.34. The van der Waals surface area contributed by atoms with E-state index in [-0.39, 0.29) is 5.92 Å². The van der Waals surface area contributed by atoms with Crippen LogP contribution < -0.4 is 15.2 Å². The number of para-hydroxylation sites is 2. The highest BCUT2D eigenvalue weighted by Gasteiger charge is 2.44. The molecule has 0 radical (unpaired) electrons. The molecule has 2 atom stereocenters. The van der Waals surface area contributed by atoms with Crippen molar-refractivity contribution in [1.29, 1.82) is 0 Å². The third-order valence-corrected chi connectivity index (χ3v) is 5.38. The quantitative estimate of drug-likeness (QED) is 0.651. The summed E-state index contributed by atoms with van der Waals surface area (Å²) in [6, 6.07) is 24.2. The van der Waals surface area contributed by atoms with E-state index in [2.05, 4.69) is 0 Å². The van der Waals surface area contributed by atoms with Crippen molar-refractivity contribution in [2.24, 2.45) is 5.73 Å². The fraction of sp³-hybridized carbons (Fsp3) is 0.250. The molecule has 0 saturated carbocycles. The Morgan fingerprint density at radius 1 is 0.750 bits per heavy atom. The maximum atomic E-state index is 12.2. The predicted octanol–water partition coefficient (Wildman–Crippen LogP) is 4.07. The maximum absolute atomic E-state index is 12.2. The van der Waals surface area contributed by atoms with Gasteiger partial charge in [0.2, 0.25) is 0 Å². The van der Waals surface area contributed by atoms with E-state index in [1.165, 1.54) is 0 Å². The lowest BCUT2D eigenvalue weighted by Crippen LogP contribution is -2.49. The SMILES string of the molecule is COc1ccccc1C(O)(c1ccccc1OC)C(N)C(C)c1ccccc1. The molecule has 0 aliphatic rings. The lowest BCUT2D eigenvalue weighted by molar-refractivity contribution is 0.0389. The molecule has 0 bridgehead atoms. The highest BCUT2D eigenvalue weighted by atomic mass is 16.5. The molecule has 0 aromatic heterocycles. The van der Waals surface area contributed by atoms with E-state index >= 15 is 0 Å². The Kier molecular flexibility index (Phi) is 6.02. The number of ether oxygens (including phenoxy) is 2. The van der Waals surface area contributed by atoms with E-state index in [0.29, 0.717) is 22.6 Å². The Hall–Kier alpha value is -2.82. The molecular formula is C24H27NO3. The third-order valence-electron chi connectivity index (χ3n) is 5.38. The van der Waals surface area contributed by atoms with Crippen molar-refractivity contribution in [3.63, 3.8) is 0 Å². The monoisotopic (exact) mass is 377 g/mol. The van der Waals surface area contributed by atoms with Crippen molar-refractivity contribution in [3.05, 3.63) is 95.6 Å². The number of hydrogen-bond acceptors (Lipinski definition) is 4. The average Bonchev–Trinajstić information content (AvgIpc) is 2.78. The Balaban J connectivity index is 2.22. The van der Waals surface area contributed by atoms with Crippen LogP contribution in [0.4, 0.5) is 0 Å². The van der Waals surface area contributed by atoms with Gasteiger partial charge in [0.25, 0.3) is 0 Å². The average molecular weight is 377 g/mol. The second kappa shape index (κ2) is 8.46. The summed E-state index contributed by atoms with van der Waals surface area (Å²) < 4.78 is 11.1. The van der Waals surface area contributed by atoms with Crippen LogP contribution in [0.2, 0.25) is 0 Å². The summed E-state index contributed by atoms with van der Waals surface area (Å²) in [4.78, 5) is 0. The van der Waals surface area contributed by atoms with Crippen LogP contribution in [0.15, 0.2) is 78.9 Å². The van der Waals surface area contributed by atoms with Gasteiger partial charge in [0, 0.05) is 17.2 Å². The molecule has 3 aromatic rings. The molecule has 0 aliphatic heterocycles. The molecule has 146 valence electrons. The number of methoxy groups -OCH3 is 2. The molecule has 4 heteroatoms. The molecule has 0 amide bonds. The van der Waals surface area contributed by atoms with Crippen molar-refractivity contribution in [1.82, 2.24) is 0 Å². The van der Waals surface area contributed by atoms with Gasteiger partial charge in [-0.15, -0.1) is 0 Å². The summed E-state index contributed by atoms with van der Waals surface area (Å²) in [5.41, 5.74) is 7.53. The predicted molar refractivity (Wildman–Crippen MR) is 112 cm³/mol. The minimum absolute atomic E-state index is 0.124. The summed E-state index contributed by atoms with van der Waals surface area (Å²) >= 11 is 0. The summed E-state index contributed by atoms with van der Waals surface area (Å²) in [5, 5.41) is 12.2. The second-order valence-electron chi connectivity index (χ2n) is 6.89. The number of aliphatic hydroxyl groups is 1. The topological polar surface area (TPSA) is 64.7 Å². The zero-order valence-electron chi connectivity index (χ0n) is 16.5. The van der Waals surface area contributed by atoms with Crippen molar-refractivity contribution in [2.45, 2.75) is 24.5 Å². The van der Waals surface area contributed by atoms with Crippen LogP contribution in [0.25, 0.3) is 0 Å². The molecule has 3 rings (SSSR count). The number of rotatable bonds is 7. The first-order valence-corrected chi connectivity index (χ1v) is 9.34. The van der Waals surface area contributed by atoms with Gasteiger partial charge in [-0.25, -0.2) is 0 Å². The van der Waals surface area contributed by atoms with Crippen LogP contribution in [0.3, 0.4) is 0 Å². The van der Waals surface area contributed by atoms with Gasteiger partial charge >= 0.3 is 0 Å². The molecule has 0 heterocycles. The van der Waals surface area contributed by atoms with E-state index < -0.39 is 11.6 Å². The Morgan fingerprint density at radius 3 is 1.64 bits per heavy atom. The molecule has 28 heavy (non-hydrogen) atoms. The Labute approximate surface area is 166 Å². The fourth-order valence-electron chi connectivity index (χ4n) is 3.75. The highest BCUT2D eigenvalue weighted by Crippen LogP contribution is 2.44. The molecule has 3 N–H and O–H groups in total. The lowest BCUT2D eigenvalue weighted by Gasteiger charge is -2.39. The van der Waals surface area contributed by atoms with Crippen LogP contribution in [-0.2, 0) is 5.60 Å². The first kappa shape index (κ1) is 19.9. The van der Waals surface area contributed by atoms with Gasteiger partial charge < -0.3 is 20.3 Å². The first-order chi connectivity index (χ1) is 13.5. The van der Waals surface area contributed by atoms with Gasteiger partial charge in [0.1, 0.15) is 17.1 Å². The Bertz CT molecular complexity index is 863. The number of nitrogens with two attached hydrogens (primary N) is 1. The van der Waals surface area contributed by atoms with Crippen molar-refractivity contribution in [3.8, 4) is 11.5 Å². The van der Waals surface area contributed by atoms with Crippen LogP contribution in [-0.4, -0.2) is 25.4 Å². The van der Waals surface area contributed by atoms with Crippen molar-refractivity contribution >= 4 is 0 Å². The summed E-state index contributed by atoms with van der Waals surface area (Å²) in [5.74, 6) is 1.03. The molecule has 0 spiro atoms. The zero-order valence-corrected chi connectivity index (χ0v) is 16.5. The van der Waals surface area contributed by atoms with E-state index in [0.717, 1.165) is 5.56 Å². The van der Waals surface area contributed by atoms with Crippen molar-refractivity contribution in [2.75, 3.05) is 14.2 Å².